The summed E-state index contributed by atoms with van der Waals surface area (Å²) < 4.78 is 13.8. The molecule has 0 atom stereocenters. The molecule has 6 heteroatoms. The summed E-state index contributed by atoms with van der Waals surface area (Å²) in [7, 11) is 0. The molecular weight excluding hydrogens is 831 g/mol. The van der Waals surface area contributed by atoms with Crippen LogP contribution in [0.5, 0.6) is 0 Å². The Morgan fingerprint density at radius 3 is 1.69 bits per heavy atom. The van der Waals surface area contributed by atoms with Gasteiger partial charge in [0, 0.05) is 66.1 Å². The number of nitriles is 2. The fourth-order valence-electron chi connectivity index (χ4n) is 10.9. The van der Waals surface area contributed by atoms with Crippen LogP contribution in [0.4, 0.5) is 0 Å². The van der Waals surface area contributed by atoms with Gasteiger partial charge in [-0.25, -0.2) is 0 Å². The first-order valence-electron chi connectivity index (χ1n) is 22.7. The van der Waals surface area contributed by atoms with E-state index in [0.717, 1.165) is 94.1 Å². The number of fused-ring (bicyclic) bond motifs is 13. The topological polar surface area (TPSA) is 75.5 Å². The molecule has 0 radical (unpaired) electrons. The van der Waals surface area contributed by atoms with Crippen LogP contribution in [0.15, 0.2) is 217 Å². The SMILES string of the molecule is N#Cc1cc(C#N)cc(-c2ccc(-c3ccc(-n4c5ccccc5c5c4ccc4c6ccccc6n(-c6ccccc6)c45)cc3-n3c4ccccc4c4cc5c(cc43)oc3ccccc35)cc2)c1. The maximum absolute atomic E-state index is 9.76. The molecule has 0 aliphatic heterocycles. The van der Waals surface area contributed by atoms with Crippen molar-refractivity contribution in [3.8, 4) is 51.5 Å². The van der Waals surface area contributed by atoms with Crippen molar-refractivity contribution in [2.45, 2.75) is 0 Å². The van der Waals surface area contributed by atoms with Crippen LogP contribution in [-0.4, -0.2) is 13.7 Å². The van der Waals surface area contributed by atoms with E-state index >= 15 is 0 Å². The van der Waals surface area contributed by atoms with Gasteiger partial charge in [0.1, 0.15) is 11.2 Å². The van der Waals surface area contributed by atoms with E-state index in [0.29, 0.717) is 11.1 Å². The smallest absolute Gasteiger partial charge is 0.137 e. The predicted octanol–water partition coefficient (Wildman–Crippen LogP) is 16.0. The van der Waals surface area contributed by atoms with Crippen molar-refractivity contribution in [1.82, 2.24) is 13.7 Å². The average Bonchev–Trinajstić information content (AvgIpc) is 4.14. The zero-order valence-electron chi connectivity index (χ0n) is 36.4. The van der Waals surface area contributed by atoms with Gasteiger partial charge in [0.05, 0.1) is 62.1 Å². The Morgan fingerprint density at radius 1 is 0.338 bits per heavy atom. The van der Waals surface area contributed by atoms with E-state index < -0.39 is 0 Å². The highest BCUT2D eigenvalue weighted by atomic mass is 16.3. The Hall–Kier alpha value is -9.62. The van der Waals surface area contributed by atoms with E-state index in [1.807, 2.05) is 24.3 Å². The van der Waals surface area contributed by atoms with E-state index in [1.54, 1.807) is 6.07 Å². The van der Waals surface area contributed by atoms with Crippen molar-refractivity contribution < 1.29 is 4.42 Å². The summed E-state index contributed by atoms with van der Waals surface area (Å²) in [4.78, 5) is 0. The molecule has 6 nitrogen and oxygen atoms in total. The molecule has 10 aromatic carbocycles. The molecule has 68 heavy (non-hydrogen) atoms. The van der Waals surface area contributed by atoms with E-state index in [9.17, 15) is 10.5 Å². The van der Waals surface area contributed by atoms with Crippen molar-refractivity contribution in [3.63, 3.8) is 0 Å². The Balaban J connectivity index is 1.06. The Bertz CT molecular complexity index is 4480. The van der Waals surface area contributed by atoms with Crippen LogP contribution in [-0.2, 0) is 0 Å². The number of nitrogens with zero attached hydrogens (tertiary/aromatic N) is 5. The number of benzene rings is 10. The minimum absolute atomic E-state index is 0.457. The first-order valence-corrected chi connectivity index (χ1v) is 22.7. The first kappa shape index (κ1) is 37.7. The molecule has 0 unspecified atom stereocenters. The summed E-state index contributed by atoms with van der Waals surface area (Å²) in [6, 6.07) is 79.2. The maximum atomic E-state index is 9.76. The third-order valence-corrected chi connectivity index (χ3v) is 13.9. The van der Waals surface area contributed by atoms with Crippen molar-refractivity contribution in [2.75, 3.05) is 0 Å². The van der Waals surface area contributed by atoms with Gasteiger partial charge in [-0.1, -0.05) is 127 Å². The van der Waals surface area contributed by atoms with E-state index in [2.05, 4.69) is 208 Å². The highest BCUT2D eigenvalue weighted by Gasteiger charge is 2.23. The molecule has 0 spiro atoms. The number of hydrogen-bond acceptors (Lipinski definition) is 3. The molecule has 0 saturated carbocycles. The van der Waals surface area contributed by atoms with Crippen LogP contribution in [0.25, 0.3) is 127 Å². The number of hydrogen-bond donors (Lipinski definition) is 0. The molecule has 0 N–H and O–H groups in total. The summed E-state index contributed by atoms with van der Waals surface area (Å²) in [5.41, 5.74) is 16.3. The standard InChI is InChI=1S/C62H35N5O/c63-36-38-30-39(37-64)32-42(31-38)40-22-24-41(25-23-40)45-27-26-44(33-57(45)67-54-19-9-5-15-47(54)51-34-52-48-16-7-11-21-59(48)68-60(52)35-58(51)67)65-55-20-10-6-17-50(55)61-56(65)29-28-49-46-14-4-8-18-53(46)66(62(49)61)43-12-2-1-3-13-43/h1-35H. The van der Waals surface area contributed by atoms with E-state index in [-0.39, 0.29) is 0 Å². The molecule has 0 bridgehead atoms. The number of rotatable bonds is 5. The third kappa shape index (κ3) is 5.43. The molecule has 0 aliphatic rings. The molecule has 4 heterocycles. The lowest BCUT2D eigenvalue weighted by molar-refractivity contribution is 0.669. The number of aromatic nitrogens is 3. The van der Waals surface area contributed by atoms with Gasteiger partial charge in [0.15, 0.2) is 0 Å². The van der Waals surface area contributed by atoms with Gasteiger partial charge in [-0.05, 0) is 95.6 Å². The Labute approximate surface area is 389 Å². The number of furan rings is 1. The van der Waals surface area contributed by atoms with Crippen LogP contribution in [0.3, 0.4) is 0 Å². The van der Waals surface area contributed by atoms with Gasteiger partial charge in [0.2, 0.25) is 0 Å². The molecular formula is C62H35N5O. The van der Waals surface area contributed by atoms with Crippen LogP contribution in [0.2, 0.25) is 0 Å². The van der Waals surface area contributed by atoms with Gasteiger partial charge in [0.25, 0.3) is 0 Å². The lowest BCUT2D eigenvalue weighted by Gasteiger charge is -2.18. The van der Waals surface area contributed by atoms with Crippen molar-refractivity contribution >= 4 is 87.4 Å². The molecule has 14 rings (SSSR count). The summed E-state index contributed by atoms with van der Waals surface area (Å²) >= 11 is 0. The Morgan fingerprint density at radius 2 is 0.956 bits per heavy atom. The minimum Gasteiger partial charge on any atom is -0.456 e. The van der Waals surface area contributed by atoms with Gasteiger partial charge in [-0.15, -0.1) is 0 Å². The fourth-order valence-corrected chi connectivity index (χ4v) is 10.9. The third-order valence-electron chi connectivity index (χ3n) is 13.9. The van der Waals surface area contributed by atoms with Crippen molar-refractivity contribution in [1.29, 1.82) is 10.5 Å². The van der Waals surface area contributed by atoms with Crippen LogP contribution in [0, 0.1) is 22.7 Å². The van der Waals surface area contributed by atoms with Gasteiger partial charge >= 0.3 is 0 Å². The quantitative estimate of drug-likeness (QED) is 0.173. The van der Waals surface area contributed by atoms with E-state index in [4.69, 9.17) is 4.42 Å². The van der Waals surface area contributed by atoms with Crippen LogP contribution in [0.1, 0.15) is 11.1 Å². The van der Waals surface area contributed by atoms with Gasteiger partial charge in [-0.3, -0.25) is 0 Å². The van der Waals surface area contributed by atoms with Crippen molar-refractivity contribution in [2.24, 2.45) is 0 Å². The number of para-hydroxylation sites is 5. The highest BCUT2D eigenvalue weighted by molar-refractivity contribution is 6.26. The molecule has 0 saturated heterocycles. The molecule has 0 fully saturated rings. The Kier molecular flexibility index (Phi) is 8.01. The zero-order valence-corrected chi connectivity index (χ0v) is 36.4. The lowest BCUT2D eigenvalue weighted by atomic mass is 9.96. The minimum atomic E-state index is 0.457. The molecule has 4 aromatic heterocycles. The molecule has 14 aromatic rings. The second-order valence-corrected chi connectivity index (χ2v) is 17.5. The van der Waals surface area contributed by atoms with Crippen LogP contribution >= 0.6 is 0 Å². The highest BCUT2D eigenvalue weighted by Crippen LogP contribution is 2.45. The normalized spacial score (nSPS) is 11.8. The van der Waals surface area contributed by atoms with Gasteiger partial charge in [-0.2, -0.15) is 10.5 Å². The summed E-state index contributed by atoms with van der Waals surface area (Å²) in [5, 5.41) is 28.8. The second-order valence-electron chi connectivity index (χ2n) is 17.5. The zero-order chi connectivity index (χ0) is 45.0. The summed E-state index contributed by atoms with van der Waals surface area (Å²) in [6.07, 6.45) is 0. The van der Waals surface area contributed by atoms with Crippen molar-refractivity contribution in [3.05, 3.63) is 223 Å². The largest absolute Gasteiger partial charge is 0.456 e. The van der Waals surface area contributed by atoms with Crippen LogP contribution < -0.4 is 0 Å². The fraction of sp³-hybridized carbons (Fsp3) is 0. The van der Waals surface area contributed by atoms with Gasteiger partial charge < -0.3 is 18.1 Å². The monoisotopic (exact) mass is 865 g/mol. The maximum Gasteiger partial charge on any atom is 0.137 e. The van der Waals surface area contributed by atoms with E-state index in [1.165, 1.54) is 32.6 Å². The second kappa shape index (κ2) is 14.4. The summed E-state index contributed by atoms with van der Waals surface area (Å²) in [6.45, 7) is 0. The predicted molar refractivity (Wildman–Crippen MR) is 277 cm³/mol. The average molecular weight is 866 g/mol. The molecule has 314 valence electrons. The summed E-state index contributed by atoms with van der Waals surface area (Å²) in [5.74, 6) is 0. The molecule has 0 aliphatic carbocycles. The first-order chi connectivity index (χ1) is 33.6. The molecule has 0 amide bonds. The lowest BCUT2D eigenvalue weighted by Crippen LogP contribution is -2.01.